The Bertz CT molecular complexity index is 1100. The van der Waals surface area contributed by atoms with E-state index in [1.165, 1.54) is 5.56 Å². The van der Waals surface area contributed by atoms with Crippen LogP contribution in [0, 0.1) is 20.8 Å². The second kappa shape index (κ2) is 6.11. The van der Waals surface area contributed by atoms with E-state index in [2.05, 4.69) is 27.4 Å². The van der Waals surface area contributed by atoms with E-state index < -0.39 is 0 Å². The van der Waals surface area contributed by atoms with Crippen molar-refractivity contribution in [3.8, 4) is 28.7 Å². The number of hydrogen-bond acceptors (Lipinski definition) is 6. The van der Waals surface area contributed by atoms with Crippen molar-refractivity contribution in [3.05, 3.63) is 59.2 Å². The predicted octanol–water partition coefficient (Wildman–Crippen LogP) is 3.49. The Kier molecular flexibility index (Phi) is 3.76. The van der Waals surface area contributed by atoms with E-state index in [9.17, 15) is 0 Å². The standard InChI is InChI=1S/C19H18N6O/c1-11-8-9-14(10-13(11)3)25-17(20)16(22-24-25)19-21-18(23-26-19)15-7-5-4-6-12(15)2/h4-10H,20H2,1-3H3. The monoisotopic (exact) mass is 346 g/mol. The molecule has 0 aliphatic heterocycles. The molecule has 2 aromatic heterocycles. The maximum Gasteiger partial charge on any atom is 0.282 e. The Morgan fingerprint density at radius 2 is 1.77 bits per heavy atom. The first-order valence-electron chi connectivity index (χ1n) is 8.23. The van der Waals surface area contributed by atoms with Gasteiger partial charge in [0.25, 0.3) is 5.89 Å². The van der Waals surface area contributed by atoms with Crippen LogP contribution in [0.25, 0.3) is 28.7 Å². The average Bonchev–Trinajstić information content (AvgIpc) is 3.24. The van der Waals surface area contributed by atoms with E-state index in [4.69, 9.17) is 10.3 Å². The van der Waals surface area contributed by atoms with Crippen molar-refractivity contribution in [1.29, 1.82) is 0 Å². The van der Waals surface area contributed by atoms with Crippen molar-refractivity contribution in [2.75, 3.05) is 5.73 Å². The average molecular weight is 346 g/mol. The zero-order valence-corrected chi connectivity index (χ0v) is 14.8. The largest absolute Gasteiger partial charge is 0.382 e. The highest BCUT2D eigenvalue weighted by atomic mass is 16.5. The van der Waals surface area contributed by atoms with Crippen LogP contribution in [0.5, 0.6) is 0 Å². The first-order chi connectivity index (χ1) is 12.5. The number of aromatic nitrogens is 5. The van der Waals surface area contributed by atoms with E-state index in [1.54, 1.807) is 4.68 Å². The molecular formula is C19H18N6O. The van der Waals surface area contributed by atoms with Crippen LogP contribution in [-0.4, -0.2) is 25.1 Å². The third-order valence-electron chi connectivity index (χ3n) is 4.45. The number of nitrogens with two attached hydrogens (primary N) is 1. The maximum absolute atomic E-state index is 6.24. The van der Waals surface area contributed by atoms with Gasteiger partial charge in [-0.2, -0.15) is 9.67 Å². The summed E-state index contributed by atoms with van der Waals surface area (Å²) in [6.45, 7) is 6.09. The fourth-order valence-electron chi connectivity index (χ4n) is 2.74. The van der Waals surface area contributed by atoms with Crippen LogP contribution in [0.3, 0.4) is 0 Å². The number of benzene rings is 2. The lowest BCUT2D eigenvalue weighted by molar-refractivity contribution is 0.431. The Morgan fingerprint density at radius 3 is 2.54 bits per heavy atom. The molecule has 2 N–H and O–H groups in total. The molecule has 0 amide bonds. The molecule has 2 heterocycles. The third-order valence-corrected chi connectivity index (χ3v) is 4.45. The van der Waals surface area contributed by atoms with Gasteiger partial charge in [-0.05, 0) is 49.6 Å². The fourth-order valence-corrected chi connectivity index (χ4v) is 2.74. The Labute approximate surface area is 150 Å². The van der Waals surface area contributed by atoms with Crippen LogP contribution < -0.4 is 5.73 Å². The number of anilines is 1. The molecule has 130 valence electrons. The summed E-state index contributed by atoms with van der Waals surface area (Å²) in [4.78, 5) is 4.44. The fraction of sp³-hybridized carbons (Fsp3) is 0.158. The lowest BCUT2D eigenvalue weighted by Gasteiger charge is -2.06. The molecule has 4 rings (SSSR count). The zero-order chi connectivity index (χ0) is 18.3. The van der Waals surface area contributed by atoms with Crippen molar-refractivity contribution in [2.24, 2.45) is 0 Å². The Morgan fingerprint density at radius 1 is 0.962 bits per heavy atom. The predicted molar refractivity (Wildman–Crippen MR) is 98.7 cm³/mol. The van der Waals surface area contributed by atoms with Gasteiger partial charge in [0.2, 0.25) is 5.82 Å². The van der Waals surface area contributed by atoms with Crippen molar-refractivity contribution in [2.45, 2.75) is 20.8 Å². The van der Waals surface area contributed by atoms with Crippen molar-refractivity contribution < 1.29 is 4.52 Å². The number of aryl methyl sites for hydroxylation is 3. The van der Waals surface area contributed by atoms with Gasteiger partial charge in [0.05, 0.1) is 5.69 Å². The quantitative estimate of drug-likeness (QED) is 0.610. The topological polar surface area (TPSA) is 95.6 Å². The second-order valence-electron chi connectivity index (χ2n) is 6.24. The molecule has 0 unspecified atom stereocenters. The molecule has 4 aromatic rings. The lowest BCUT2D eigenvalue weighted by atomic mass is 10.1. The number of nitrogen functional groups attached to an aromatic ring is 1. The Balaban J connectivity index is 1.73. The molecule has 0 spiro atoms. The molecule has 7 nitrogen and oxygen atoms in total. The molecule has 0 saturated carbocycles. The van der Waals surface area contributed by atoms with Gasteiger partial charge in [0, 0.05) is 5.56 Å². The summed E-state index contributed by atoms with van der Waals surface area (Å²) < 4.78 is 6.94. The van der Waals surface area contributed by atoms with Gasteiger partial charge in [-0.3, -0.25) is 0 Å². The summed E-state index contributed by atoms with van der Waals surface area (Å²) in [7, 11) is 0. The maximum atomic E-state index is 6.24. The normalized spacial score (nSPS) is 11.0. The number of hydrogen-bond donors (Lipinski definition) is 1. The smallest absolute Gasteiger partial charge is 0.282 e. The molecule has 2 aromatic carbocycles. The van der Waals surface area contributed by atoms with E-state index in [1.807, 2.05) is 56.3 Å². The summed E-state index contributed by atoms with van der Waals surface area (Å²) in [5, 5.41) is 12.3. The van der Waals surface area contributed by atoms with E-state index in [0.29, 0.717) is 17.3 Å². The van der Waals surface area contributed by atoms with Crippen molar-refractivity contribution >= 4 is 5.82 Å². The SMILES string of the molecule is Cc1ccc(-n2nnc(-c3nc(-c4ccccc4C)no3)c2N)cc1C. The van der Waals surface area contributed by atoms with Gasteiger partial charge < -0.3 is 10.3 Å². The number of nitrogens with zero attached hydrogens (tertiary/aromatic N) is 5. The summed E-state index contributed by atoms with van der Waals surface area (Å²) in [5.74, 6) is 1.10. The highest BCUT2D eigenvalue weighted by Crippen LogP contribution is 2.27. The summed E-state index contributed by atoms with van der Waals surface area (Å²) in [6, 6.07) is 13.8. The first kappa shape index (κ1) is 16.0. The summed E-state index contributed by atoms with van der Waals surface area (Å²) in [6.07, 6.45) is 0. The van der Waals surface area contributed by atoms with Crippen molar-refractivity contribution in [3.63, 3.8) is 0 Å². The van der Waals surface area contributed by atoms with Gasteiger partial charge in [0.1, 0.15) is 0 Å². The minimum atomic E-state index is 0.246. The first-order valence-corrected chi connectivity index (χ1v) is 8.23. The van der Waals surface area contributed by atoms with Crippen molar-refractivity contribution in [1.82, 2.24) is 25.1 Å². The molecule has 0 saturated heterocycles. The minimum Gasteiger partial charge on any atom is -0.382 e. The van der Waals surface area contributed by atoms with Crippen LogP contribution in [0.2, 0.25) is 0 Å². The van der Waals surface area contributed by atoms with Crippen LogP contribution in [0.1, 0.15) is 16.7 Å². The van der Waals surface area contributed by atoms with E-state index >= 15 is 0 Å². The van der Waals surface area contributed by atoms with Crippen LogP contribution in [-0.2, 0) is 0 Å². The molecular weight excluding hydrogens is 328 g/mol. The Hall–Kier alpha value is -3.48. The molecule has 0 atom stereocenters. The summed E-state index contributed by atoms with van der Waals surface area (Å²) in [5.41, 5.74) is 11.8. The summed E-state index contributed by atoms with van der Waals surface area (Å²) >= 11 is 0. The third kappa shape index (κ3) is 2.63. The molecule has 7 heteroatoms. The highest BCUT2D eigenvalue weighted by Gasteiger charge is 2.20. The van der Waals surface area contributed by atoms with Crippen LogP contribution >= 0.6 is 0 Å². The highest BCUT2D eigenvalue weighted by molar-refractivity contribution is 5.67. The van der Waals surface area contributed by atoms with Gasteiger partial charge in [0.15, 0.2) is 11.5 Å². The molecule has 0 fully saturated rings. The van der Waals surface area contributed by atoms with E-state index in [-0.39, 0.29) is 5.89 Å². The lowest BCUT2D eigenvalue weighted by Crippen LogP contribution is -2.03. The second-order valence-corrected chi connectivity index (χ2v) is 6.24. The van der Waals surface area contributed by atoms with E-state index in [0.717, 1.165) is 22.4 Å². The van der Waals surface area contributed by atoms with Gasteiger partial charge in [-0.15, -0.1) is 5.10 Å². The molecule has 0 bridgehead atoms. The van der Waals surface area contributed by atoms with Crippen LogP contribution in [0.15, 0.2) is 47.0 Å². The molecule has 0 aliphatic rings. The van der Waals surface area contributed by atoms with Crippen LogP contribution in [0.4, 0.5) is 5.82 Å². The number of rotatable bonds is 3. The van der Waals surface area contributed by atoms with Gasteiger partial charge >= 0.3 is 0 Å². The molecule has 0 aliphatic carbocycles. The molecule has 26 heavy (non-hydrogen) atoms. The van der Waals surface area contributed by atoms with Gasteiger partial charge in [-0.25, -0.2) is 0 Å². The zero-order valence-electron chi connectivity index (χ0n) is 14.8. The van der Waals surface area contributed by atoms with Gasteiger partial charge in [-0.1, -0.05) is 40.7 Å². The molecule has 0 radical (unpaired) electrons. The minimum absolute atomic E-state index is 0.246.